The molecule has 0 saturated carbocycles. The second-order valence-electron chi connectivity index (χ2n) is 7.73. The monoisotopic (exact) mass is 384 g/mol. The first-order chi connectivity index (χ1) is 12.4. The number of hydrogen-bond acceptors (Lipinski definition) is 5. The number of hydrogen-bond donors (Lipinski definition) is 0. The van der Waals surface area contributed by atoms with E-state index in [2.05, 4.69) is 4.89 Å². The van der Waals surface area contributed by atoms with Crippen molar-refractivity contribution in [3.8, 4) is 6.07 Å². The summed E-state index contributed by atoms with van der Waals surface area (Å²) < 4.78 is 39.9. The van der Waals surface area contributed by atoms with Gasteiger partial charge in [-0.25, -0.2) is 4.79 Å². The van der Waals surface area contributed by atoms with Crippen molar-refractivity contribution in [1.29, 1.82) is 5.26 Å². The predicted molar refractivity (Wildman–Crippen MR) is 92.6 cm³/mol. The number of carbonyl (C=O) groups is 1. The molecule has 8 heteroatoms. The number of piperidine rings is 1. The number of benzene rings is 1. The quantitative estimate of drug-likeness (QED) is 0.569. The van der Waals surface area contributed by atoms with E-state index in [0.717, 1.165) is 6.07 Å². The molecule has 148 valence electrons. The highest BCUT2D eigenvalue weighted by molar-refractivity contribution is 5.65. The number of nitriles is 1. The fourth-order valence-electron chi connectivity index (χ4n) is 3.33. The number of alkyl halides is 3. The highest BCUT2D eigenvalue weighted by atomic mass is 19.4. The molecular weight excluding hydrogens is 361 g/mol. The van der Waals surface area contributed by atoms with Gasteiger partial charge in [0.25, 0.3) is 0 Å². The minimum absolute atomic E-state index is 0.138. The van der Waals surface area contributed by atoms with Crippen LogP contribution in [0.4, 0.5) is 18.9 Å². The zero-order valence-corrected chi connectivity index (χ0v) is 15.8. The van der Waals surface area contributed by atoms with E-state index >= 15 is 0 Å². The molecule has 1 saturated heterocycles. The molecule has 1 aromatic rings. The van der Waals surface area contributed by atoms with Crippen molar-refractivity contribution in [2.45, 2.75) is 58.9 Å². The van der Waals surface area contributed by atoms with Gasteiger partial charge in [-0.1, -0.05) is 20.8 Å². The molecule has 1 aromatic carbocycles. The fraction of sp³-hybridized carbons (Fsp3) is 0.579. The summed E-state index contributed by atoms with van der Waals surface area (Å²) in [5, 5.41) is 8.98. The van der Waals surface area contributed by atoms with Crippen LogP contribution in [0.5, 0.6) is 0 Å². The van der Waals surface area contributed by atoms with Gasteiger partial charge in [0.05, 0.1) is 17.2 Å². The van der Waals surface area contributed by atoms with Crippen molar-refractivity contribution in [2.75, 3.05) is 11.4 Å². The third-order valence-electron chi connectivity index (χ3n) is 4.62. The van der Waals surface area contributed by atoms with Crippen molar-refractivity contribution < 1.29 is 27.7 Å². The largest absolute Gasteiger partial charge is 0.417 e. The van der Waals surface area contributed by atoms with Crippen LogP contribution < -0.4 is 4.90 Å². The Morgan fingerprint density at radius 2 is 1.96 bits per heavy atom. The molecule has 1 fully saturated rings. The van der Waals surface area contributed by atoms with E-state index in [1.807, 2.05) is 25.7 Å². The minimum atomic E-state index is -4.60. The molecule has 2 atom stereocenters. The lowest BCUT2D eigenvalue weighted by molar-refractivity contribution is -0.300. The number of rotatable bonds is 3. The van der Waals surface area contributed by atoms with Gasteiger partial charge in [-0.2, -0.15) is 23.3 Å². The van der Waals surface area contributed by atoms with E-state index in [9.17, 15) is 18.0 Å². The van der Waals surface area contributed by atoms with Gasteiger partial charge in [-0.3, -0.25) is 4.89 Å². The van der Waals surface area contributed by atoms with E-state index < -0.39 is 23.3 Å². The highest BCUT2D eigenvalue weighted by Crippen LogP contribution is 2.39. The lowest BCUT2D eigenvalue weighted by Gasteiger charge is -2.46. The smallest absolute Gasteiger partial charge is 0.368 e. The molecule has 2 rings (SSSR count). The first-order valence-electron chi connectivity index (χ1n) is 8.65. The van der Waals surface area contributed by atoms with Crippen LogP contribution in [0.25, 0.3) is 0 Å². The third kappa shape index (κ3) is 5.13. The molecule has 1 heterocycles. The summed E-state index contributed by atoms with van der Waals surface area (Å²) in [6.45, 7) is 7.66. The summed E-state index contributed by atoms with van der Waals surface area (Å²) in [7, 11) is 0. The van der Waals surface area contributed by atoms with E-state index in [0.29, 0.717) is 25.1 Å². The topological polar surface area (TPSA) is 62.6 Å². The molecule has 0 bridgehead atoms. The number of carbonyl (C=O) groups excluding carboxylic acids is 1. The van der Waals surface area contributed by atoms with E-state index in [1.165, 1.54) is 13.0 Å². The van der Waals surface area contributed by atoms with Crippen molar-refractivity contribution in [3.63, 3.8) is 0 Å². The van der Waals surface area contributed by atoms with Gasteiger partial charge in [-0.05, 0) is 36.5 Å². The molecule has 0 amide bonds. The van der Waals surface area contributed by atoms with E-state index in [-0.39, 0.29) is 17.6 Å². The zero-order chi connectivity index (χ0) is 20.4. The molecule has 0 aromatic heterocycles. The lowest BCUT2D eigenvalue weighted by atomic mass is 9.79. The van der Waals surface area contributed by atoms with Gasteiger partial charge in [0.15, 0.2) is 0 Å². The van der Waals surface area contributed by atoms with Crippen LogP contribution in [0.2, 0.25) is 0 Å². The fourth-order valence-corrected chi connectivity index (χ4v) is 3.33. The molecule has 27 heavy (non-hydrogen) atoms. The number of nitrogens with zero attached hydrogens (tertiary/aromatic N) is 2. The maximum absolute atomic E-state index is 13.3. The first kappa shape index (κ1) is 21.0. The normalized spacial score (nSPS) is 20.9. The Balaban J connectivity index is 2.34. The molecule has 0 aliphatic carbocycles. The molecule has 1 aliphatic rings. The van der Waals surface area contributed by atoms with Crippen LogP contribution in [-0.2, 0) is 20.7 Å². The van der Waals surface area contributed by atoms with Crippen molar-refractivity contribution >= 4 is 11.7 Å². The summed E-state index contributed by atoms with van der Waals surface area (Å²) in [4.78, 5) is 22.7. The van der Waals surface area contributed by atoms with Gasteiger partial charge in [0.1, 0.15) is 6.10 Å². The van der Waals surface area contributed by atoms with Gasteiger partial charge >= 0.3 is 12.1 Å². The molecule has 0 spiro atoms. The molecule has 5 nitrogen and oxygen atoms in total. The Bertz CT molecular complexity index is 735. The van der Waals surface area contributed by atoms with Gasteiger partial charge in [0, 0.05) is 25.2 Å². The lowest BCUT2D eigenvalue weighted by Crippen LogP contribution is -2.51. The number of anilines is 1. The summed E-state index contributed by atoms with van der Waals surface area (Å²) in [6, 6.07) is 5.24. The standard InChI is InChI=1S/C19H23F3N2O3/c1-12(25)26-27-15-7-8-24(17(10-15)18(2,3)4)14-6-5-13(11-23)16(9-14)19(20,21)22/h5-6,9,15,17H,7-8,10H2,1-4H3. The molecule has 0 N–H and O–H groups in total. The SMILES string of the molecule is CC(=O)OOC1CCN(c2ccc(C#N)c(C(F)(F)F)c2)C(C(C)(C)C)C1. The van der Waals surface area contributed by atoms with Crippen LogP contribution in [0.15, 0.2) is 18.2 Å². The maximum Gasteiger partial charge on any atom is 0.417 e. The Kier molecular flexibility index (Phi) is 6.05. The predicted octanol–water partition coefficient (Wildman–Crippen LogP) is 4.46. The average molecular weight is 384 g/mol. The first-order valence-corrected chi connectivity index (χ1v) is 8.65. The Morgan fingerprint density at radius 3 is 2.48 bits per heavy atom. The van der Waals surface area contributed by atoms with Gasteiger partial charge < -0.3 is 4.90 Å². The van der Waals surface area contributed by atoms with Crippen molar-refractivity contribution in [2.24, 2.45) is 5.41 Å². The minimum Gasteiger partial charge on any atom is -0.368 e. The van der Waals surface area contributed by atoms with Crippen LogP contribution in [0.1, 0.15) is 51.7 Å². The van der Waals surface area contributed by atoms with Gasteiger partial charge in [0.2, 0.25) is 0 Å². The Hall–Kier alpha value is -2.27. The maximum atomic E-state index is 13.3. The molecular formula is C19H23F3N2O3. The van der Waals surface area contributed by atoms with Crippen molar-refractivity contribution in [3.05, 3.63) is 29.3 Å². The Labute approximate surface area is 156 Å². The van der Waals surface area contributed by atoms with Crippen molar-refractivity contribution in [1.82, 2.24) is 0 Å². The number of halogens is 3. The summed E-state index contributed by atoms with van der Waals surface area (Å²) in [5.41, 5.74) is -1.18. The second kappa shape index (κ2) is 7.77. The summed E-state index contributed by atoms with van der Waals surface area (Å²) in [6.07, 6.45) is -3.93. The molecule has 1 aliphatic heterocycles. The van der Waals surface area contributed by atoms with E-state index in [4.69, 9.17) is 10.1 Å². The zero-order valence-electron chi connectivity index (χ0n) is 15.8. The summed E-state index contributed by atoms with van der Waals surface area (Å²) >= 11 is 0. The third-order valence-corrected chi connectivity index (χ3v) is 4.62. The van der Waals surface area contributed by atoms with Gasteiger partial charge in [-0.15, -0.1) is 0 Å². The van der Waals surface area contributed by atoms with Crippen LogP contribution in [0, 0.1) is 16.7 Å². The van der Waals surface area contributed by atoms with Crippen LogP contribution >= 0.6 is 0 Å². The van der Waals surface area contributed by atoms with Crippen LogP contribution in [-0.4, -0.2) is 24.7 Å². The average Bonchev–Trinajstić information content (AvgIpc) is 2.57. The molecule has 0 radical (unpaired) electrons. The molecule has 2 unspecified atom stereocenters. The second-order valence-corrected chi connectivity index (χ2v) is 7.73. The Morgan fingerprint density at radius 1 is 1.30 bits per heavy atom. The summed E-state index contributed by atoms with van der Waals surface area (Å²) in [5.74, 6) is -0.549. The van der Waals surface area contributed by atoms with E-state index in [1.54, 1.807) is 12.1 Å². The highest BCUT2D eigenvalue weighted by Gasteiger charge is 2.39. The van der Waals surface area contributed by atoms with Crippen LogP contribution in [0.3, 0.4) is 0 Å².